The van der Waals surface area contributed by atoms with Crippen LogP contribution in [0.15, 0.2) is 72.8 Å². The predicted octanol–water partition coefficient (Wildman–Crippen LogP) is 12.2. The number of alkyl halides is 6. The quantitative estimate of drug-likeness (QED) is 0.0647. The topological polar surface area (TPSA) is 160 Å². The van der Waals surface area contributed by atoms with Crippen LogP contribution in [0.5, 0.6) is 23.0 Å². The minimum atomic E-state index is -5.10. The van der Waals surface area contributed by atoms with Gasteiger partial charge in [-0.2, -0.15) is 26.3 Å². The third kappa shape index (κ3) is 13.3. The lowest BCUT2D eigenvalue weighted by Crippen LogP contribution is -2.57. The molecule has 4 aromatic carbocycles. The van der Waals surface area contributed by atoms with Gasteiger partial charge >= 0.3 is 30.3 Å². The third-order valence-corrected chi connectivity index (χ3v) is 13.1. The molecule has 366 valence electrons. The molecule has 16 heteroatoms. The summed E-state index contributed by atoms with van der Waals surface area (Å²) in [7, 11) is 0. The molecule has 0 radical (unpaired) electrons. The van der Waals surface area contributed by atoms with E-state index in [1.165, 1.54) is 0 Å². The molecule has 4 aromatic rings. The van der Waals surface area contributed by atoms with Crippen LogP contribution < -0.4 is 9.47 Å². The first-order valence-corrected chi connectivity index (χ1v) is 21.8. The van der Waals surface area contributed by atoms with Gasteiger partial charge in [0.25, 0.3) is 0 Å². The van der Waals surface area contributed by atoms with Gasteiger partial charge in [0, 0.05) is 22.6 Å². The maximum atomic E-state index is 13.3. The fourth-order valence-corrected chi connectivity index (χ4v) is 6.60. The number of aromatic hydroxyl groups is 2. The summed E-state index contributed by atoms with van der Waals surface area (Å²) in [6, 6.07) is 21.0. The molecule has 0 spiro atoms. The first-order chi connectivity index (χ1) is 30.1. The van der Waals surface area contributed by atoms with Crippen molar-refractivity contribution in [3.05, 3.63) is 72.8 Å². The normalized spacial score (nSPS) is 18.9. The van der Waals surface area contributed by atoms with Gasteiger partial charge in [0.1, 0.15) is 29.1 Å². The van der Waals surface area contributed by atoms with Crippen LogP contribution in [-0.2, 0) is 19.1 Å². The smallest absolute Gasteiger partial charge is 0.417 e. The number of esters is 3. The Morgan fingerprint density at radius 1 is 0.561 bits per heavy atom. The molecule has 1 fully saturated rings. The number of aliphatic hydroxyl groups is 2. The van der Waals surface area contributed by atoms with Crippen LogP contribution in [0.4, 0.5) is 26.3 Å². The van der Waals surface area contributed by atoms with E-state index in [-0.39, 0.29) is 23.4 Å². The van der Waals surface area contributed by atoms with Crippen LogP contribution in [0, 0.1) is 28.1 Å². The second-order valence-corrected chi connectivity index (χ2v) is 19.2. The number of hydrogen-bond donors (Lipinski definition) is 4. The Kier molecular flexibility index (Phi) is 17.4. The number of ether oxygens (including phenoxy) is 3. The van der Waals surface area contributed by atoms with Gasteiger partial charge in [-0.25, -0.2) is 0 Å². The number of carbonyl (C=O) groups excluding carboxylic acids is 3. The molecule has 1 saturated carbocycles. The first kappa shape index (κ1) is 55.2. The van der Waals surface area contributed by atoms with Crippen LogP contribution in [0.1, 0.15) is 115 Å². The third-order valence-electron chi connectivity index (χ3n) is 13.1. The van der Waals surface area contributed by atoms with Crippen molar-refractivity contribution in [1.29, 1.82) is 0 Å². The fourth-order valence-electron chi connectivity index (χ4n) is 6.60. The fraction of sp³-hybridized carbons (Fsp3) is 0.540. The number of benzene rings is 4. The zero-order valence-electron chi connectivity index (χ0n) is 39.4. The number of carbonyl (C=O) groups is 3. The van der Waals surface area contributed by atoms with E-state index in [2.05, 4.69) is 0 Å². The van der Waals surface area contributed by atoms with Crippen molar-refractivity contribution in [2.75, 3.05) is 0 Å². The van der Waals surface area contributed by atoms with Gasteiger partial charge in [-0.05, 0) is 141 Å². The Balaban J connectivity index is 0.000000270. The monoisotopic (exact) mass is 938 g/mol. The van der Waals surface area contributed by atoms with E-state index in [1.54, 1.807) is 81.4 Å². The highest BCUT2D eigenvalue weighted by atomic mass is 19.4. The maximum Gasteiger partial charge on any atom is 0.417 e. The second-order valence-electron chi connectivity index (χ2n) is 19.2. The van der Waals surface area contributed by atoms with Crippen LogP contribution in [0.2, 0.25) is 0 Å². The summed E-state index contributed by atoms with van der Waals surface area (Å²) in [6.07, 6.45) is -11.3. The Hall–Kier alpha value is -5.09. The van der Waals surface area contributed by atoms with Crippen molar-refractivity contribution in [2.45, 2.75) is 144 Å². The second kappa shape index (κ2) is 20.8. The van der Waals surface area contributed by atoms with Crippen LogP contribution in [0.3, 0.4) is 0 Å². The standard InChI is InChI=1S/C18H28F6O4.2C16H18O3/c1-6-14(2,3)13(25)28-12-8-10(15(4,26)17(19,20)21)7-11(9-12)16(5,27)18(22,23)24;1-4-16(2,3)15(18)19-14-10-6-7-11-12(14)8-5-9-13(11)17;1-4-16(2,3)15(18)19-14-8-6-11-9-13(17)7-5-12(11)10-14/h10-12,26-27H,6-9H2,1-5H3;2*5-10,17H,4H2,1-3H3. The summed E-state index contributed by atoms with van der Waals surface area (Å²) < 4.78 is 95.7. The van der Waals surface area contributed by atoms with E-state index in [0.29, 0.717) is 43.6 Å². The van der Waals surface area contributed by atoms with Gasteiger partial charge in [0.05, 0.1) is 16.2 Å². The highest BCUT2D eigenvalue weighted by molar-refractivity contribution is 5.94. The van der Waals surface area contributed by atoms with E-state index in [0.717, 1.165) is 22.6 Å². The molecule has 0 aromatic heterocycles. The molecule has 0 aliphatic heterocycles. The largest absolute Gasteiger partial charge is 0.508 e. The Morgan fingerprint density at radius 2 is 1.00 bits per heavy atom. The number of rotatable bonds is 11. The lowest BCUT2D eigenvalue weighted by Gasteiger charge is -2.46. The zero-order chi connectivity index (χ0) is 50.4. The minimum Gasteiger partial charge on any atom is -0.508 e. The number of phenolic OH excluding ortho intramolecular Hbond substituents is 2. The Morgan fingerprint density at radius 3 is 1.50 bits per heavy atom. The van der Waals surface area contributed by atoms with E-state index in [4.69, 9.17) is 14.2 Å². The highest BCUT2D eigenvalue weighted by Gasteiger charge is 2.62. The molecule has 1 aliphatic carbocycles. The molecule has 66 heavy (non-hydrogen) atoms. The molecule has 5 rings (SSSR count). The molecule has 0 saturated heterocycles. The molecule has 0 bridgehead atoms. The van der Waals surface area contributed by atoms with Gasteiger partial charge < -0.3 is 34.6 Å². The van der Waals surface area contributed by atoms with Crippen LogP contribution >= 0.6 is 0 Å². The molecule has 4 atom stereocenters. The summed E-state index contributed by atoms with van der Waals surface area (Å²) >= 11 is 0. The molecule has 4 unspecified atom stereocenters. The Labute approximate surface area is 382 Å². The van der Waals surface area contributed by atoms with Crippen molar-refractivity contribution >= 4 is 39.5 Å². The average molecular weight is 939 g/mol. The van der Waals surface area contributed by atoms with E-state index in [1.807, 2.05) is 53.7 Å². The maximum absolute atomic E-state index is 13.3. The SMILES string of the molecule is CCC(C)(C)C(=O)OC1CC(C(C)(O)C(F)(F)F)CC(C(C)(O)C(F)(F)F)C1.CCC(C)(C)C(=O)Oc1ccc2cc(O)ccc2c1.CCC(C)(C)C(=O)Oc1cccc2c(O)cccc12. The molecule has 0 heterocycles. The molecule has 4 N–H and O–H groups in total. The average Bonchev–Trinajstić information content (AvgIpc) is 3.23. The number of fused-ring (bicyclic) bond motifs is 2. The van der Waals surface area contributed by atoms with Gasteiger partial charge in [-0.3, -0.25) is 14.4 Å². The van der Waals surface area contributed by atoms with Crippen molar-refractivity contribution in [2.24, 2.45) is 28.1 Å². The predicted molar refractivity (Wildman–Crippen MR) is 239 cm³/mol. The van der Waals surface area contributed by atoms with Crippen molar-refractivity contribution in [3.63, 3.8) is 0 Å². The summed E-state index contributed by atoms with van der Waals surface area (Å²) in [5.41, 5.74) is -8.55. The summed E-state index contributed by atoms with van der Waals surface area (Å²) in [5.74, 6) is -3.17. The molecule has 1 aliphatic rings. The summed E-state index contributed by atoms with van der Waals surface area (Å²) in [4.78, 5) is 36.4. The molecule has 0 amide bonds. The van der Waals surface area contributed by atoms with Gasteiger partial charge in [-0.15, -0.1) is 0 Å². The van der Waals surface area contributed by atoms with Gasteiger partial charge in [0.2, 0.25) is 0 Å². The lowest BCUT2D eigenvalue weighted by molar-refractivity contribution is -0.299. The van der Waals surface area contributed by atoms with E-state index in [9.17, 15) is 61.2 Å². The van der Waals surface area contributed by atoms with Crippen molar-refractivity contribution < 1.29 is 75.4 Å². The zero-order valence-corrected chi connectivity index (χ0v) is 39.4. The molecule has 10 nitrogen and oxygen atoms in total. The van der Waals surface area contributed by atoms with Gasteiger partial charge in [0.15, 0.2) is 11.2 Å². The Bertz CT molecular complexity index is 2280. The van der Waals surface area contributed by atoms with E-state index >= 15 is 0 Å². The van der Waals surface area contributed by atoms with E-state index < -0.39 is 83.0 Å². The molecular weight excluding hydrogens is 875 g/mol. The lowest BCUT2D eigenvalue weighted by atomic mass is 9.67. The number of hydrogen-bond acceptors (Lipinski definition) is 10. The van der Waals surface area contributed by atoms with Crippen molar-refractivity contribution in [3.8, 4) is 23.0 Å². The summed E-state index contributed by atoms with van der Waals surface area (Å²) in [5, 5.41) is 42.4. The number of halogens is 6. The van der Waals surface area contributed by atoms with Crippen LogP contribution in [-0.4, -0.2) is 68.0 Å². The number of phenols is 2. The highest BCUT2D eigenvalue weighted by Crippen LogP contribution is 2.50. The van der Waals surface area contributed by atoms with Gasteiger partial charge in [-0.1, -0.05) is 57.2 Å². The van der Waals surface area contributed by atoms with Crippen molar-refractivity contribution in [1.82, 2.24) is 0 Å². The summed E-state index contributed by atoms with van der Waals surface area (Å²) in [6.45, 7) is 17.1. The first-order valence-electron chi connectivity index (χ1n) is 21.8. The molecular formula is C50H64F6O10. The minimum absolute atomic E-state index is 0.185. The van der Waals surface area contributed by atoms with Crippen LogP contribution in [0.25, 0.3) is 21.5 Å².